The zero-order valence-corrected chi connectivity index (χ0v) is 8.78. The molecule has 4 nitrogen and oxygen atoms in total. The molecular formula is C10H10ClNO3. The van der Waals surface area contributed by atoms with Crippen LogP contribution in [0.15, 0.2) is 24.3 Å². The SMILES string of the molecule is C[C@@H](Cl)C(=O)Nc1ccc(C(=O)O)cc1. The van der Waals surface area contributed by atoms with Crippen molar-refractivity contribution in [3.8, 4) is 0 Å². The number of carbonyl (C=O) groups excluding carboxylic acids is 1. The van der Waals surface area contributed by atoms with Crippen molar-refractivity contribution in [2.75, 3.05) is 5.32 Å². The predicted octanol–water partition coefficient (Wildman–Crippen LogP) is 1.95. The molecule has 1 aromatic carbocycles. The summed E-state index contributed by atoms with van der Waals surface area (Å²) in [4.78, 5) is 21.7. The van der Waals surface area contributed by atoms with E-state index in [9.17, 15) is 9.59 Å². The average Bonchev–Trinajstić information content (AvgIpc) is 2.18. The van der Waals surface area contributed by atoms with Gasteiger partial charge in [-0.2, -0.15) is 0 Å². The first-order chi connectivity index (χ1) is 7.00. The summed E-state index contributed by atoms with van der Waals surface area (Å²) in [7, 11) is 0. The van der Waals surface area contributed by atoms with Crippen molar-refractivity contribution in [1.29, 1.82) is 0 Å². The molecule has 0 spiro atoms. The molecule has 1 aromatic rings. The number of carbonyl (C=O) groups is 2. The highest BCUT2D eigenvalue weighted by molar-refractivity contribution is 6.32. The molecule has 0 saturated carbocycles. The third-order valence-corrected chi connectivity index (χ3v) is 1.96. The number of hydrogen-bond donors (Lipinski definition) is 2. The average molecular weight is 228 g/mol. The van der Waals surface area contributed by atoms with Crippen LogP contribution in [-0.2, 0) is 4.79 Å². The molecule has 1 rings (SSSR count). The Morgan fingerprint density at radius 2 is 1.87 bits per heavy atom. The van der Waals surface area contributed by atoms with E-state index in [1.807, 2.05) is 0 Å². The van der Waals surface area contributed by atoms with Crippen LogP contribution < -0.4 is 5.32 Å². The fourth-order valence-corrected chi connectivity index (χ4v) is 0.992. The molecule has 5 heteroatoms. The summed E-state index contributed by atoms with van der Waals surface area (Å²) in [5, 5.41) is 10.6. The first kappa shape index (κ1) is 11.5. The van der Waals surface area contributed by atoms with Crippen molar-refractivity contribution in [2.24, 2.45) is 0 Å². The zero-order chi connectivity index (χ0) is 11.4. The van der Waals surface area contributed by atoms with Crippen molar-refractivity contribution in [2.45, 2.75) is 12.3 Å². The number of alkyl halides is 1. The van der Waals surface area contributed by atoms with Gasteiger partial charge in [-0.1, -0.05) is 0 Å². The molecular weight excluding hydrogens is 218 g/mol. The highest BCUT2D eigenvalue weighted by Crippen LogP contribution is 2.10. The number of benzene rings is 1. The molecule has 0 aliphatic rings. The van der Waals surface area contributed by atoms with E-state index in [0.29, 0.717) is 5.69 Å². The summed E-state index contributed by atoms with van der Waals surface area (Å²) >= 11 is 5.55. The van der Waals surface area contributed by atoms with E-state index in [2.05, 4.69) is 5.32 Å². The number of rotatable bonds is 3. The predicted molar refractivity (Wildman–Crippen MR) is 57.3 cm³/mol. The second kappa shape index (κ2) is 4.79. The van der Waals surface area contributed by atoms with Gasteiger partial charge in [-0.15, -0.1) is 11.6 Å². The Kier molecular flexibility index (Phi) is 3.68. The minimum Gasteiger partial charge on any atom is -0.478 e. The lowest BCUT2D eigenvalue weighted by Gasteiger charge is -2.06. The number of nitrogens with one attached hydrogen (secondary N) is 1. The van der Waals surface area contributed by atoms with Crippen LogP contribution in [0.5, 0.6) is 0 Å². The van der Waals surface area contributed by atoms with Gasteiger partial charge in [-0.3, -0.25) is 4.79 Å². The number of hydrogen-bond acceptors (Lipinski definition) is 2. The molecule has 80 valence electrons. The number of carboxylic acids is 1. The van der Waals surface area contributed by atoms with E-state index in [-0.39, 0.29) is 11.5 Å². The molecule has 0 aliphatic heterocycles. The molecule has 0 heterocycles. The van der Waals surface area contributed by atoms with Gasteiger partial charge in [-0.05, 0) is 31.2 Å². The number of anilines is 1. The van der Waals surface area contributed by atoms with Crippen molar-refractivity contribution in [3.05, 3.63) is 29.8 Å². The van der Waals surface area contributed by atoms with E-state index in [4.69, 9.17) is 16.7 Å². The fourth-order valence-electron chi connectivity index (χ4n) is 0.938. The third-order valence-electron chi connectivity index (χ3n) is 1.76. The Bertz CT molecular complexity index is 373. The normalized spacial score (nSPS) is 11.9. The molecule has 2 N–H and O–H groups in total. The maximum absolute atomic E-state index is 11.2. The van der Waals surface area contributed by atoms with E-state index in [0.717, 1.165) is 0 Å². The number of amides is 1. The third kappa shape index (κ3) is 3.25. The summed E-state index contributed by atoms with van der Waals surface area (Å²) in [6, 6.07) is 5.86. The van der Waals surface area contributed by atoms with Crippen LogP contribution in [0.2, 0.25) is 0 Å². The molecule has 15 heavy (non-hydrogen) atoms. The van der Waals surface area contributed by atoms with Crippen molar-refractivity contribution >= 4 is 29.2 Å². The highest BCUT2D eigenvalue weighted by Gasteiger charge is 2.09. The van der Waals surface area contributed by atoms with Crippen LogP contribution in [0.1, 0.15) is 17.3 Å². The molecule has 1 amide bonds. The number of halogens is 1. The Balaban J connectivity index is 2.73. The molecule has 0 aromatic heterocycles. The van der Waals surface area contributed by atoms with E-state index in [1.54, 1.807) is 6.92 Å². The Morgan fingerprint density at radius 3 is 2.27 bits per heavy atom. The van der Waals surface area contributed by atoms with Crippen LogP contribution in [0.3, 0.4) is 0 Å². The lowest BCUT2D eigenvalue weighted by Crippen LogP contribution is -2.20. The number of carboxylic acid groups (broad SMARTS) is 1. The fraction of sp³-hybridized carbons (Fsp3) is 0.200. The smallest absolute Gasteiger partial charge is 0.335 e. The summed E-state index contributed by atoms with van der Waals surface area (Å²) in [5.41, 5.74) is 0.699. The van der Waals surface area contributed by atoms with Gasteiger partial charge in [0, 0.05) is 5.69 Å². The van der Waals surface area contributed by atoms with Crippen LogP contribution in [0.25, 0.3) is 0 Å². The highest BCUT2D eigenvalue weighted by atomic mass is 35.5. The summed E-state index contributed by atoms with van der Waals surface area (Å²) in [6.07, 6.45) is 0. The molecule has 0 radical (unpaired) electrons. The topological polar surface area (TPSA) is 66.4 Å². The second-order valence-corrected chi connectivity index (χ2v) is 3.64. The molecule has 0 unspecified atom stereocenters. The van der Waals surface area contributed by atoms with Crippen molar-refractivity contribution in [1.82, 2.24) is 0 Å². The van der Waals surface area contributed by atoms with Gasteiger partial charge in [0.25, 0.3) is 0 Å². The summed E-state index contributed by atoms with van der Waals surface area (Å²) in [6.45, 7) is 1.56. The standard InChI is InChI=1S/C10H10ClNO3/c1-6(11)9(13)12-8-4-2-7(3-5-8)10(14)15/h2-6H,1H3,(H,12,13)(H,14,15)/t6-/m1/s1. The first-order valence-electron chi connectivity index (χ1n) is 4.29. The minimum atomic E-state index is -1.00. The van der Waals surface area contributed by atoms with Crippen LogP contribution in [0, 0.1) is 0 Å². The van der Waals surface area contributed by atoms with Crippen molar-refractivity contribution in [3.63, 3.8) is 0 Å². The van der Waals surface area contributed by atoms with Gasteiger partial charge in [-0.25, -0.2) is 4.79 Å². The summed E-state index contributed by atoms with van der Waals surface area (Å²) < 4.78 is 0. The quantitative estimate of drug-likeness (QED) is 0.776. The van der Waals surface area contributed by atoms with Crippen LogP contribution >= 0.6 is 11.6 Å². The maximum atomic E-state index is 11.2. The molecule has 0 aliphatic carbocycles. The lowest BCUT2D eigenvalue weighted by atomic mass is 10.2. The van der Waals surface area contributed by atoms with Crippen molar-refractivity contribution < 1.29 is 14.7 Å². The Hall–Kier alpha value is -1.55. The second-order valence-electron chi connectivity index (χ2n) is 2.99. The monoisotopic (exact) mass is 227 g/mol. The minimum absolute atomic E-state index is 0.173. The molecule has 1 atom stereocenters. The largest absolute Gasteiger partial charge is 0.478 e. The van der Waals surface area contributed by atoms with E-state index < -0.39 is 11.3 Å². The summed E-state index contributed by atoms with van der Waals surface area (Å²) in [5.74, 6) is -1.32. The van der Waals surface area contributed by atoms with Crippen LogP contribution in [-0.4, -0.2) is 22.4 Å². The van der Waals surface area contributed by atoms with E-state index in [1.165, 1.54) is 24.3 Å². The van der Waals surface area contributed by atoms with Gasteiger partial charge in [0.2, 0.25) is 5.91 Å². The Labute approximate surface area is 91.9 Å². The van der Waals surface area contributed by atoms with Gasteiger partial charge < -0.3 is 10.4 Å². The molecule has 0 saturated heterocycles. The maximum Gasteiger partial charge on any atom is 0.335 e. The molecule has 0 fully saturated rings. The van der Waals surface area contributed by atoms with Gasteiger partial charge in [0.1, 0.15) is 5.38 Å². The van der Waals surface area contributed by atoms with Gasteiger partial charge >= 0.3 is 5.97 Å². The molecule has 0 bridgehead atoms. The van der Waals surface area contributed by atoms with Gasteiger partial charge in [0.05, 0.1) is 5.56 Å². The van der Waals surface area contributed by atoms with E-state index >= 15 is 0 Å². The number of aromatic carboxylic acids is 1. The zero-order valence-electron chi connectivity index (χ0n) is 8.03. The lowest BCUT2D eigenvalue weighted by molar-refractivity contribution is -0.115. The van der Waals surface area contributed by atoms with Gasteiger partial charge in [0.15, 0.2) is 0 Å². The van der Waals surface area contributed by atoms with Crippen LogP contribution in [0.4, 0.5) is 5.69 Å². The Morgan fingerprint density at radius 1 is 1.33 bits per heavy atom. The first-order valence-corrected chi connectivity index (χ1v) is 4.72.